The molecule has 1 unspecified atom stereocenters. The fourth-order valence-electron chi connectivity index (χ4n) is 1.62. The molecule has 1 atom stereocenters. The third-order valence-corrected chi connectivity index (χ3v) is 2.22. The highest BCUT2D eigenvalue weighted by Crippen LogP contribution is 2.17. The number of nitrogens with one attached hydrogen (secondary N) is 1. The summed E-state index contributed by atoms with van der Waals surface area (Å²) < 4.78 is 12.8. The third-order valence-electron chi connectivity index (χ3n) is 2.22. The Morgan fingerprint density at radius 3 is 3.08 bits per heavy atom. The number of amides is 1. The Kier molecular flexibility index (Phi) is 1.79. The molecule has 3 heteroatoms. The van der Waals surface area contributed by atoms with E-state index in [1.165, 1.54) is 12.1 Å². The van der Waals surface area contributed by atoms with E-state index in [9.17, 15) is 9.18 Å². The van der Waals surface area contributed by atoms with E-state index in [0.717, 1.165) is 12.0 Å². The Labute approximate surface area is 75.8 Å². The van der Waals surface area contributed by atoms with Gasteiger partial charge in [0.2, 0.25) is 0 Å². The molecule has 1 N–H and O–H groups in total. The van der Waals surface area contributed by atoms with E-state index >= 15 is 0 Å². The maximum atomic E-state index is 12.8. The molecular formula is C10H10FNO. The Bertz CT molecular complexity index is 362. The van der Waals surface area contributed by atoms with Gasteiger partial charge in [0.15, 0.2) is 0 Å². The Hall–Kier alpha value is -1.38. The van der Waals surface area contributed by atoms with E-state index < -0.39 is 0 Å². The first-order chi connectivity index (χ1) is 6.16. The van der Waals surface area contributed by atoms with Crippen LogP contribution in [0.1, 0.15) is 22.8 Å². The van der Waals surface area contributed by atoms with E-state index in [-0.39, 0.29) is 17.8 Å². The monoisotopic (exact) mass is 179 g/mol. The van der Waals surface area contributed by atoms with Crippen molar-refractivity contribution in [2.24, 2.45) is 0 Å². The topological polar surface area (TPSA) is 29.1 Å². The average molecular weight is 179 g/mol. The zero-order chi connectivity index (χ0) is 9.42. The average Bonchev–Trinajstić information content (AvgIpc) is 2.06. The zero-order valence-corrected chi connectivity index (χ0v) is 7.30. The van der Waals surface area contributed by atoms with Crippen molar-refractivity contribution in [3.8, 4) is 0 Å². The van der Waals surface area contributed by atoms with Crippen LogP contribution in [0.25, 0.3) is 0 Å². The van der Waals surface area contributed by atoms with Crippen LogP contribution in [0, 0.1) is 5.82 Å². The molecule has 0 bridgehead atoms. The maximum absolute atomic E-state index is 12.8. The minimum atomic E-state index is -0.358. The number of hydrogen-bond acceptors (Lipinski definition) is 1. The van der Waals surface area contributed by atoms with Crippen molar-refractivity contribution in [3.05, 3.63) is 35.1 Å². The quantitative estimate of drug-likeness (QED) is 0.642. The van der Waals surface area contributed by atoms with Crippen LogP contribution in [-0.4, -0.2) is 11.9 Å². The summed E-state index contributed by atoms with van der Waals surface area (Å²) >= 11 is 0. The van der Waals surface area contributed by atoms with Crippen molar-refractivity contribution in [2.75, 3.05) is 0 Å². The summed E-state index contributed by atoms with van der Waals surface area (Å²) in [5.74, 6) is -0.531. The summed E-state index contributed by atoms with van der Waals surface area (Å²) in [4.78, 5) is 11.4. The van der Waals surface area contributed by atoms with Crippen molar-refractivity contribution in [2.45, 2.75) is 19.4 Å². The van der Waals surface area contributed by atoms with E-state index in [0.29, 0.717) is 5.56 Å². The molecule has 0 spiro atoms. The van der Waals surface area contributed by atoms with Gasteiger partial charge in [0.25, 0.3) is 5.91 Å². The molecule has 0 radical (unpaired) electrons. The number of benzene rings is 1. The fraction of sp³-hybridized carbons (Fsp3) is 0.300. The molecule has 68 valence electrons. The van der Waals surface area contributed by atoms with Gasteiger partial charge in [-0.1, -0.05) is 6.07 Å². The summed E-state index contributed by atoms with van der Waals surface area (Å²) in [5, 5.41) is 2.76. The first kappa shape index (κ1) is 8.23. The van der Waals surface area contributed by atoms with E-state index in [1.54, 1.807) is 6.07 Å². The third kappa shape index (κ3) is 1.41. The lowest BCUT2D eigenvalue weighted by molar-refractivity contribution is 0.0928. The van der Waals surface area contributed by atoms with Crippen molar-refractivity contribution < 1.29 is 9.18 Å². The highest BCUT2D eigenvalue weighted by atomic mass is 19.1. The number of halogens is 1. The number of carbonyl (C=O) groups is 1. The minimum Gasteiger partial charge on any atom is -0.349 e. The molecule has 2 nitrogen and oxygen atoms in total. The van der Waals surface area contributed by atoms with Gasteiger partial charge in [-0.25, -0.2) is 4.39 Å². The first-order valence-corrected chi connectivity index (χ1v) is 4.26. The van der Waals surface area contributed by atoms with Crippen LogP contribution in [0.3, 0.4) is 0 Å². The standard InChI is InChI=1S/C10H10FNO/c1-6-4-7-2-3-8(11)5-9(7)10(13)12-6/h2-3,5-6H,4H2,1H3,(H,12,13). The lowest BCUT2D eigenvalue weighted by Crippen LogP contribution is -2.39. The number of rotatable bonds is 0. The van der Waals surface area contributed by atoms with Gasteiger partial charge in [0.05, 0.1) is 0 Å². The predicted molar refractivity (Wildman–Crippen MR) is 47.0 cm³/mol. The summed E-state index contributed by atoms with van der Waals surface area (Å²) in [6.07, 6.45) is 0.779. The smallest absolute Gasteiger partial charge is 0.251 e. The van der Waals surface area contributed by atoms with Crippen molar-refractivity contribution in [1.29, 1.82) is 0 Å². The van der Waals surface area contributed by atoms with Crippen LogP contribution in [0.15, 0.2) is 18.2 Å². The van der Waals surface area contributed by atoms with Crippen LogP contribution < -0.4 is 5.32 Å². The van der Waals surface area contributed by atoms with Gasteiger partial charge in [-0.05, 0) is 31.0 Å². The Morgan fingerprint density at radius 1 is 1.54 bits per heavy atom. The summed E-state index contributed by atoms with van der Waals surface area (Å²) in [6.45, 7) is 1.93. The highest BCUT2D eigenvalue weighted by Gasteiger charge is 2.21. The molecule has 0 aromatic heterocycles. The Morgan fingerprint density at radius 2 is 2.31 bits per heavy atom. The van der Waals surface area contributed by atoms with E-state index in [2.05, 4.69) is 5.32 Å². The molecule has 2 rings (SSSR count). The van der Waals surface area contributed by atoms with Crippen molar-refractivity contribution in [1.82, 2.24) is 5.32 Å². The van der Waals surface area contributed by atoms with Crippen molar-refractivity contribution >= 4 is 5.91 Å². The predicted octanol–water partition coefficient (Wildman–Crippen LogP) is 1.50. The molecule has 1 aromatic rings. The molecular weight excluding hydrogens is 169 g/mol. The van der Waals surface area contributed by atoms with Crippen LogP contribution in [0.2, 0.25) is 0 Å². The molecule has 0 aliphatic carbocycles. The van der Waals surface area contributed by atoms with Gasteiger partial charge >= 0.3 is 0 Å². The molecule has 1 heterocycles. The largest absolute Gasteiger partial charge is 0.349 e. The van der Waals surface area contributed by atoms with E-state index in [1.807, 2.05) is 6.92 Å². The summed E-state index contributed by atoms with van der Waals surface area (Å²) in [6, 6.07) is 4.51. The maximum Gasteiger partial charge on any atom is 0.251 e. The van der Waals surface area contributed by atoms with Gasteiger partial charge in [-0.2, -0.15) is 0 Å². The molecule has 0 saturated heterocycles. The molecule has 0 saturated carbocycles. The number of carbonyl (C=O) groups excluding carboxylic acids is 1. The normalized spacial score (nSPS) is 20.8. The van der Waals surface area contributed by atoms with Gasteiger partial charge in [0.1, 0.15) is 5.82 Å². The van der Waals surface area contributed by atoms with Crippen molar-refractivity contribution in [3.63, 3.8) is 0 Å². The SMILES string of the molecule is CC1Cc2ccc(F)cc2C(=O)N1. The lowest BCUT2D eigenvalue weighted by Gasteiger charge is -2.22. The van der Waals surface area contributed by atoms with Gasteiger partial charge in [-0.3, -0.25) is 4.79 Å². The number of fused-ring (bicyclic) bond motifs is 1. The van der Waals surface area contributed by atoms with Crippen LogP contribution in [-0.2, 0) is 6.42 Å². The number of hydrogen-bond donors (Lipinski definition) is 1. The second-order valence-electron chi connectivity index (χ2n) is 3.38. The Balaban J connectivity index is 2.49. The van der Waals surface area contributed by atoms with E-state index in [4.69, 9.17) is 0 Å². The highest BCUT2D eigenvalue weighted by molar-refractivity contribution is 5.96. The van der Waals surface area contributed by atoms with Gasteiger partial charge < -0.3 is 5.32 Å². The lowest BCUT2D eigenvalue weighted by atomic mass is 9.96. The molecule has 1 amide bonds. The molecule has 1 aliphatic heterocycles. The first-order valence-electron chi connectivity index (χ1n) is 4.26. The zero-order valence-electron chi connectivity index (χ0n) is 7.30. The minimum absolute atomic E-state index is 0.144. The van der Waals surface area contributed by atoms with Crippen LogP contribution >= 0.6 is 0 Å². The van der Waals surface area contributed by atoms with Gasteiger partial charge in [-0.15, -0.1) is 0 Å². The summed E-state index contributed by atoms with van der Waals surface area (Å²) in [5.41, 5.74) is 1.40. The molecule has 1 aromatic carbocycles. The molecule has 1 aliphatic rings. The van der Waals surface area contributed by atoms with Crippen LogP contribution in [0.5, 0.6) is 0 Å². The second kappa shape index (κ2) is 2.83. The fourth-order valence-corrected chi connectivity index (χ4v) is 1.62. The van der Waals surface area contributed by atoms with Gasteiger partial charge in [0, 0.05) is 11.6 Å². The second-order valence-corrected chi connectivity index (χ2v) is 3.38. The molecule has 0 fully saturated rings. The van der Waals surface area contributed by atoms with Crippen LogP contribution in [0.4, 0.5) is 4.39 Å². The summed E-state index contributed by atoms with van der Waals surface area (Å²) in [7, 11) is 0. The molecule has 13 heavy (non-hydrogen) atoms.